The van der Waals surface area contributed by atoms with E-state index < -0.39 is 114 Å². The van der Waals surface area contributed by atoms with Crippen molar-refractivity contribution in [2.75, 3.05) is 58.0 Å². The number of alkyl halides is 9. The van der Waals surface area contributed by atoms with Crippen molar-refractivity contribution >= 4 is 113 Å². The number of hydrogen-bond donors (Lipinski definition) is 2. The number of aromatic nitrogens is 3. The van der Waals surface area contributed by atoms with E-state index in [-0.39, 0.29) is 77.9 Å². The molecule has 3 radical (unpaired) electrons. The molecule has 0 spiro atoms. The Morgan fingerprint density at radius 3 is 1.21 bits per heavy atom. The third-order valence-electron chi connectivity index (χ3n) is 22.1. The van der Waals surface area contributed by atoms with E-state index in [4.69, 9.17) is 9.31 Å². The Labute approximate surface area is 754 Å². The summed E-state index contributed by atoms with van der Waals surface area (Å²) in [6.45, 7) is 26.3. The third kappa shape index (κ3) is 28.7. The summed E-state index contributed by atoms with van der Waals surface area (Å²) in [4.78, 5) is 76.6. The molecular formula is C79H106B2Br2F9N9NaO18S3. The number of hydrogen-bond acceptors (Lipinski definition) is 23. The van der Waals surface area contributed by atoms with E-state index in [0.717, 1.165) is 147 Å². The number of aliphatic hydroxyl groups is 2. The van der Waals surface area contributed by atoms with Crippen LogP contribution in [0.5, 0.6) is 0 Å². The minimum atomic E-state index is -4.90. The van der Waals surface area contributed by atoms with Gasteiger partial charge in [0.2, 0.25) is 36.0 Å². The molecule has 44 heteroatoms. The molecule has 5 aromatic rings. The van der Waals surface area contributed by atoms with Crippen molar-refractivity contribution in [3.05, 3.63) is 138 Å². The average Bonchev–Trinajstić information content (AvgIpc) is 1.68. The van der Waals surface area contributed by atoms with E-state index in [1.54, 1.807) is 47.0 Å². The number of sulfonamides is 3. The van der Waals surface area contributed by atoms with E-state index in [0.29, 0.717) is 59.7 Å². The van der Waals surface area contributed by atoms with Crippen LogP contribution in [0.2, 0.25) is 0 Å². The Hall–Kier alpha value is -5.61. The van der Waals surface area contributed by atoms with Crippen LogP contribution < -0.4 is 35.0 Å². The zero-order valence-electron chi connectivity index (χ0n) is 72.0. The van der Waals surface area contributed by atoms with Gasteiger partial charge in [-0.1, -0.05) is 62.7 Å². The fraction of sp³-hybridized carbons (Fsp3) is 0.595. The zero-order chi connectivity index (χ0) is 92.3. The Morgan fingerprint density at radius 2 is 0.886 bits per heavy atom. The molecule has 12 rings (SSSR count). The second-order valence-electron chi connectivity index (χ2n) is 32.1. The van der Waals surface area contributed by atoms with Gasteiger partial charge in [0.15, 0.2) is 17.5 Å². The Kier molecular flexibility index (Phi) is 38.3. The number of rotatable bonds is 15. The van der Waals surface area contributed by atoms with Crippen LogP contribution in [0.4, 0.5) is 39.5 Å². The first-order chi connectivity index (χ1) is 56.1. The quantitative estimate of drug-likeness (QED) is 0.0328. The molecule has 8 unspecified atom stereocenters. The molecular weight excluding hydrogens is 1830 g/mol. The maximum atomic E-state index is 13.3. The summed E-state index contributed by atoms with van der Waals surface area (Å²) >= 11 is 6.87. The second kappa shape index (κ2) is 43.7. The van der Waals surface area contributed by atoms with Gasteiger partial charge in [-0.3, -0.25) is 39.1 Å². The summed E-state index contributed by atoms with van der Waals surface area (Å²) in [6.07, 6.45) is 2.58. The van der Waals surface area contributed by atoms with Gasteiger partial charge in [0.05, 0.1) is 41.4 Å². The summed E-state index contributed by atoms with van der Waals surface area (Å²) in [7, 11) is -6.06. The number of piperazine rings is 3. The number of benzene rings is 2. The van der Waals surface area contributed by atoms with E-state index in [9.17, 15) is 99.0 Å². The maximum absolute atomic E-state index is 13.3. The Balaban J connectivity index is 0.000000272. The average molecular weight is 1940 g/mol. The number of aryl methyl sites for hydroxylation is 5. The topological polar surface area (TPSA) is 332 Å². The van der Waals surface area contributed by atoms with Crippen molar-refractivity contribution in [2.45, 2.75) is 245 Å². The molecule has 7 aliphatic rings. The minimum absolute atomic E-state index is 0. The predicted molar refractivity (Wildman–Crippen MR) is 445 cm³/mol. The molecule has 27 nitrogen and oxygen atoms in total. The molecule has 8 atom stereocenters. The number of likely N-dealkylation sites (tertiary alicyclic amines) is 3. The standard InChI is InChI=1S/C25H32F3N3O3S.C16H22BF3O3.C15H22BrN3O2S.C9H13F3N2O3S.C8H8BrNO.C4H6O4.C2H3BO2.Na/c1-5-17-11-19(13-30-14-20-7-8-21(15-30)31(20)35(4,33)34)29-12-23(17)22-9-6-18(10-16(22)2)24(3,32)25(26,27)28;1-10-9-11(15(6,21)16(18,19)20)7-8-12(10)17-22-13(2,3)14(4,5)23-17;1-3-11-6-12(17-7-15(11)16)8-18-9-13-4-5-14(10-18)19(13)22(2,20)21;1-18(16,17)14-6-2-3-7(14)5-13(4-6)8(15)9(10,11)12;1-2-6-3-7(5-11)10-4-8(6)9;1-3(5)7-8-4(2)6;1-2(4)5-3;/h6,9-12,20-21,32H,5,7-8,13-15H2,1-4H3;7-9,21H,1-6H3;6-7,13-14H,3-5,8-10H2,1-2H3;6-7H,2-5H2,1H3;3-5H,2H2,1H3;1-2H3;1H3;/q;;;;;;-1;+1. The van der Waals surface area contributed by atoms with E-state index in [1.165, 1.54) is 59.6 Å². The van der Waals surface area contributed by atoms with Crippen molar-refractivity contribution in [2.24, 2.45) is 0 Å². The summed E-state index contributed by atoms with van der Waals surface area (Å²) in [5, 5.41) is 19.8. The largest absolute Gasteiger partial charge is 1.00 e. The van der Waals surface area contributed by atoms with Gasteiger partial charge in [-0.25, -0.2) is 44.6 Å². The molecule has 10 heterocycles. The van der Waals surface area contributed by atoms with Gasteiger partial charge in [0, 0.05) is 142 Å². The van der Waals surface area contributed by atoms with Crippen LogP contribution in [-0.4, -0.2) is 247 Å². The van der Waals surface area contributed by atoms with Gasteiger partial charge in [-0.05, 0) is 208 Å². The summed E-state index contributed by atoms with van der Waals surface area (Å²) in [5.74, 6) is -3.63. The molecule has 7 saturated heterocycles. The van der Waals surface area contributed by atoms with Crippen molar-refractivity contribution in [3.63, 3.8) is 0 Å². The summed E-state index contributed by atoms with van der Waals surface area (Å²) < 4.78 is 209. The van der Waals surface area contributed by atoms with Gasteiger partial charge < -0.3 is 37.1 Å². The first-order valence-corrected chi connectivity index (χ1v) is 46.1. The van der Waals surface area contributed by atoms with Gasteiger partial charge in [0.25, 0.3) is 0 Å². The van der Waals surface area contributed by atoms with E-state index in [2.05, 4.69) is 92.1 Å². The van der Waals surface area contributed by atoms with Gasteiger partial charge in [-0.15, -0.1) is 0 Å². The molecule has 3 aromatic heterocycles. The van der Waals surface area contributed by atoms with Crippen LogP contribution in [0.15, 0.2) is 82.1 Å². The van der Waals surface area contributed by atoms with Crippen LogP contribution in [0, 0.1) is 13.8 Å². The number of amides is 1. The normalized spacial score (nSPS) is 21.7. The van der Waals surface area contributed by atoms with E-state index >= 15 is 0 Å². The van der Waals surface area contributed by atoms with Crippen molar-refractivity contribution < 1.29 is 152 Å². The second-order valence-corrected chi connectivity index (χ2v) is 39.5. The number of fused-ring (bicyclic) bond motifs is 6. The predicted octanol–water partition coefficient (Wildman–Crippen LogP) is 8.14. The molecule has 0 saturated carbocycles. The van der Waals surface area contributed by atoms with Gasteiger partial charge in [-0.2, -0.15) is 52.4 Å². The first-order valence-electron chi connectivity index (χ1n) is 38.9. The first kappa shape index (κ1) is 108. The number of carbonyl (C=O) groups is 5. The van der Waals surface area contributed by atoms with Crippen molar-refractivity contribution in [3.8, 4) is 11.1 Å². The minimum Gasteiger partial charge on any atom is -0.793 e. The van der Waals surface area contributed by atoms with Gasteiger partial charge >= 0.3 is 73.1 Å². The van der Waals surface area contributed by atoms with Crippen LogP contribution in [-0.2, 0) is 117 Å². The summed E-state index contributed by atoms with van der Waals surface area (Å²) in [5.41, 5.74) is 2.07. The molecule has 0 aliphatic carbocycles. The number of carbonyl (C=O) groups excluding carboxylic acids is 5. The number of aldehydes is 1. The van der Waals surface area contributed by atoms with Crippen LogP contribution in [0.25, 0.3) is 11.1 Å². The van der Waals surface area contributed by atoms with Crippen molar-refractivity contribution in [1.29, 1.82) is 0 Å². The summed E-state index contributed by atoms with van der Waals surface area (Å²) in [6, 6.07) is 13.6. The van der Waals surface area contributed by atoms with Gasteiger partial charge in [0.1, 0.15) is 5.69 Å². The Bertz CT molecular complexity index is 4830. The molecule has 7 aliphatic heterocycles. The molecule has 123 heavy (non-hydrogen) atoms. The molecule has 1 amide bonds. The fourth-order valence-corrected chi connectivity index (χ4v) is 20.5. The number of halogens is 11. The SMILES string of the molecule is CC(=O)OOC(C)=O.CCc1cc(C=O)ncc1Br.CCc1cc(CN2CC3CCC(C2)N3S(C)(=O)=O)ncc1-c1ccc(C(C)(O)C(F)(F)F)cc1C.CCc1cc(CN2CC3CCC(C2)N3S(C)(=O)=O)ncc1Br.CS(=O)(=O)N1C2CCC1CN(C(=O)C(F)(F)F)C2.Cc1cc(C(C)(O)C(F)(F)F)ccc1B1OC(C)(C)C(C)(C)O1.[B-]OC(C)=O.[Na+]. The van der Waals surface area contributed by atoms with Crippen LogP contribution in [0.1, 0.15) is 182 Å². The molecule has 2 aromatic carbocycles. The number of pyridine rings is 3. The zero-order valence-corrected chi connectivity index (χ0v) is 79.6. The smallest absolute Gasteiger partial charge is 0.793 e. The molecule has 2 N–H and O–H groups in total. The van der Waals surface area contributed by atoms with E-state index in [1.807, 2.05) is 53.8 Å². The maximum Gasteiger partial charge on any atom is 1.00 e. The third-order valence-corrected chi connectivity index (χ3v) is 27.6. The molecule has 7 fully saturated rings. The van der Waals surface area contributed by atoms with Crippen LogP contribution in [0.3, 0.4) is 0 Å². The monoisotopic (exact) mass is 1940 g/mol. The fourth-order valence-electron chi connectivity index (χ4n) is 15.3. The number of nitrogens with zero attached hydrogens (tertiary/aromatic N) is 9. The molecule has 6 bridgehead atoms. The van der Waals surface area contributed by atoms with Crippen LogP contribution >= 0.6 is 31.9 Å². The molecule has 677 valence electrons. The Morgan fingerprint density at radius 1 is 0.545 bits per heavy atom. The van der Waals surface area contributed by atoms with Crippen molar-refractivity contribution in [1.82, 2.24) is 42.6 Å².